The van der Waals surface area contributed by atoms with Crippen LogP contribution >= 0.6 is 11.8 Å². The Labute approximate surface area is 174 Å². The number of amides is 2. The summed E-state index contributed by atoms with van der Waals surface area (Å²) in [7, 11) is 0. The SMILES string of the molecule is O=C(C[C@@H]1Sc2ccccc2NC1=O)N[C@@H](Cc1ccccc1)c1ccccc1. The van der Waals surface area contributed by atoms with Crippen LogP contribution in [0.25, 0.3) is 0 Å². The zero-order valence-corrected chi connectivity index (χ0v) is 16.7. The highest BCUT2D eigenvalue weighted by molar-refractivity contribution is 8.01. The molecule has 0 saturated carbocycles. The molecule has 1 aliphatic rings. The van der Waals surface area contributed by atoms with Crippen molar-refractivity contribution in [2.24, 2.45) is 0 Å². The fourth-order valence-corrected chi connectivity index (χ4v) is 4.55. The topological polar surface area (TPSA) is 58.2 Å². The molecule has 0 saturated heterocycles. The van der Waals surface area contributed by atoms with E-state index in [2.05, 4.69) is 22.8 Å². The standard InChI is InChI=1S/C24H22N2O2S/c27-23(16-22-24(28)26-19-13-7-8-14-21(19)29-22)25-20(18-11-5-2-6-12-18)15-17-9-3-1-4-10-17/h1-14,20,22H,15-16H2,(H,25,27)(H,26,28)/t20-,22-/m0/s1. The average Bonchev–Trinajstić information content (AvgIpc) is 2.75. The van der Waals surface area contributed by atoms with Gasteiger partial charge >= 0.3 is 0 Å². The van der Waals surface area contributed by atoms with Gasteiger partial charge in [-0.15, -0.1) is 11.8 Å². The van der Waals surface area contributed by atoms with Gasteiger partial charge in [-0.05, 0) is 29.7 Å². The van der Waals surface area contributed by atoms with Crippen LogP contribution in [0.3, 0.4) is 0 Å². The molecule has 0 aliphatic carbocycles. The van der Waals surface area contributed by atoms with E-state index >= 15 is 0 Å². The molecule has 1 heterocycles. The first-order valence-electron chi connectivity index (χ1n) is 9.64. The highest BCUT2D eigenvalue weighted by atomic mass is 32.2. The molecule has 2 amide bonds. The Kier molecular flexibility index (Phi) is 5.96. The quantitative estimate of drug-likeness (QED) is 0.634. The molecule has 5 heteroatoms. The highest BCUT2D eigenvalue weighted by Crippen LogP contribution is 2.36. The van der Waals surface area contributed by atoms with E-state index < -0.39 is 5.25 Å². The number of carbonyl (C=O) groups is 2. The summed E-state index contributed by atoms with van der Waals surface area (Å²) in [5, 5.41) is 5.61. The van der Waals surface area contributed by atoms with Crippen LogP contribution in [-0.2, 0) is 16.0 Å². The molecule has 0 spiro atoms. The Bertz CT molecular complexity index is 992. The predicted molar refractivity (Wildman–Crippen MR) is 117 cm³/mol. The van der Waals surface area contributed by atoms with Crippen molar-refractivity contribution in [3.8, 4) is 0 Å². The van der Waals surface area contributed by atoms with Crippen LogP contribution in [0.1, 0.15) is 23.6 Å². The van der Waals surface area contributed by atoms with Gasteiger partial charge in [0.15, 0.2) is 0 Å². The largest absolute Gasteiger partial charge is 0.349 e. The van der Waals surface area contributed by atoms with Crippen LogP contribution in [0.2, 0.25) is 0 Å². The minimum absolute atomic E-state index is 0.122. The van der Waals surface area contributed by atoms with Crippen molar-refractivity contribution in [1.82, 2.24) is 5.32 Å². The third-order valence-corrected chi connectivity index (χ3v) is 6.17. The zero-order valence-electron chi connectivity index (χ0n) is 15.9. The average molecular weight is 403 g/mol. The number of anilines is 1. The maximum absolute atomic E-state index is 12.8. The lowest BCUT2D eigenvalue weighted by atomic mass is 9.98. The van der Waals surface area contributed by atoms with Crippen molar-refractivity contribution >= 4 is 29.3 Å². The van der Waals surface area contributed by atoms with E-state index in [4.69, 9.17) is 0 Å². The first kappa shape index (κ1) is 19.3. The Morgan fingerprint density at radius 3 is 2.34 bits per heavy atom. The molecule has 146 valence electrons. The second kappa shape index (κ2) is 8.97. The molecule has 3 aromatic carbocycles. The van der Waals surface area contributed by atoms with E-state index in [0.717, 1.165) is 21.7 Å². The van der Waals surface area contributed by atoms with Gasteiger partial charge in [0.05, 0.1) is 17.0 Å². The van der Waals surface area contributed by atoms with Gasteiger partial charge in [0, 0.05) is 11.3 Å². The molecule has 3 aromatic rings. The monoisotopic (exact) mass is 402 g/mol. The summed E-state index contributed by atoms with van der Waals surface area (Å²) in [6, 6.07) is 27.6. The molecule has 0 aromatic heterocycles. The van der Waals surface area contributed by atoms with Gasteiger partial charge in [-0.1, -0.05) is 72.8 Å². The lowest BCUT2D eigenvalue weighted by molar-refractivity contribution is -0.124. The van der Waals surface area contributed by atoms with Crippen LogP contribution in [-0.4, -0.2) is 17.1 Å². The summed E-state index contributed by atoms with van der Waals surface area (Å²) in [5.41, 5.74) is 3.02. The summed E-state index contributed by atoms with van der Waals surface area (Å²) in [6.45, 7) is 0. The van der Waals surface area contributed by atoms with E-state index in [1.165, 1.54) is 11.8 Å². The first-order valence-corrected chi connectivity index (χ1v) is 10.5. The van der Waals surface area contributed by atoms with Crippen molar-refractivity contribution in [2.45, 2.75) is 29.0 Å². The van der Waals surface area contributed by atoms with E-state index in [9.17, 15) is 9.59 Å². The summed E-state index contributed by atoms with van der Waals surface area (Å²) >= 11 is 1.45. The number of hydrogen-bond donors (Lipinski definition) is 2. The third kappa shape index (κ3) is 4.87. The molecule has 0 radical (unpaired) electrons. The van der Waals surface area contributed by atoms with Crippen LogP contribution in [0, 0.1) is 0 Å². The predicted octanol–water partition coefficient (Wildman–Crippen LogP) is 4.59. The number of hydrogen-bond acceptors (Lipinski definition) is 3. The fraction of sp³-hybridized carbons (Fsp3) is 0.167. The second-order valence-corrected chi connectivity index (χ2v) is 8.26. The number of para-hydroxylation sites is 1. The molecule has 1 aliphatic heterocycles. The lowest BCUT2D eigenvalue weighted by Gasteiger charge is -2.25. The van der Waals surface area contributed by atoms with Gasteiger partial charge < -0.3 is 10.6 Å². The van der Waals surface area contributed by atoms with Gasteiger partial charge in [0.1, 0.15) is 0 Å². The normalized spacial score (nSPS) is 16.4. The Balaban J connectivity index is 1.46. The molecule has 0 bridgehead atoms. The van der Waals surface area contributed by atoms with Crippen molar-refractivity contribution in [3.63, 3.8) is 0 Å². The van der Waals surface area contributed by atoms with Gasteiger partial charge in [-0.3, -0.25) is 9.59 Å². The summed E-state index contributed by atoms with van der Waals surface area (Å²) < 4.78 is 0. The molecule has 2 N–H and O–H groups in total. The van der Waals surface area contributed by atoms with Crippen molar-refractivity contribution < 1.29 is 9.59 Å². The smallest absolute Gasteiger partial charge is 0.238 e. The van der Waals surface area contributed by atoms with Gasteiger partial charge in [-0.25, -0.2) is 0 Å². The molecular formula is C24H22N2O2S. The maximum atomic E-state index is 12.8. The first-order chi connectivity index (χ1) is 14.2. The number of carbonyl (C=O) groups excluding carboxylic acids is 2. The minimum Gasteiger partial charge on any atom is -0.349 e. The zero-order chi connectivity index (χ0) is 20.1. The van der Waals surface area contributed by atoms with E-state index in [0.29, 0.717) is 6.42 Å². The van der Waals surface area contributed by atoms with E-state index in [1.54, 1.807) is 0 Å². The van der Waals surface area contributed by atoms with Crippen LogP contribution in [0.5, 0.6) is 0 Å². The van der Waals surface area contributed by atoms with E-state index in [1.807, 2.05) is 72.8 Å². The Morgan fingerprint density at radius 2 is 1.59 bits per heavy atom. The molecule has 4 nitrogen and oxygen atoms in total. The van der Waals surface area contributed by atoms with Crippen molar-refractivity contribution in [1.29, 1.82) is 0 Å². The fourth-order valence-electron chi connectivity index (χ4n) is 3.44. The molecule has 29 heavy (non-hydrogen) atoms. The Morgan fingerprint density at radius 1 is 0.931 bits per heavy atom. The number of fused-ring (bicyclic) bond motifs is 1. The van der Waals surface area contributed by atoms with Crippen LogP contribution in [0.4, 0.5) is 5.69 Å². The third-order valence-electron chi connectivity index (χ3n) is 4.90. The summed E-state index contributed by atoms with van der Waals surface area (Å²) in [6.07, 6.45) is 0.840. The minimum atomic E-state index is -0.432. The molecule has 0 unspecified atom stereocenters. The number of benzene rings is 3. The van der Waals surface area contributed by atoms with Crippen LogP contribution in [0.15, 0.2) is 89.8 Å². The number of rotatable bonds is 6. The van der Waals surface area contributed by atoms with Crippen molar-refractivity contribution in [3.05, 3.63) is 96.1 Å². The van der Waals surface area contributed by atoms with Crippen molar-refractivity contribution in [2.75, 3.05) is 5.32 Å². The van der Waals surface area contributed by atoms with Gasteiger partial charge in [0.2, 0.25) is 11.8 Å². The highest BCUT2D eigenvalue weighted by Gasteiger charge is 2.29. The molecular weight excluding hydrogens is 380 g/mol. The molecule has 0 fully saturated rings. The molecule has 2 atom stereocenters. The Hall–Kier alpha value is -3.05. The molecule has 4 rings (SSSR count). The maximum Gasteiger partial charge on any atom is 0.238 e. The van der Waals surface area contributed by atoms with Gasteiger partial charge in [0.25, 0.3) is 0 Å². The summed E-state index contributed by atoms with van der Waals surface area (Å²) in [5.74, 6) is -0.245. The number of thioether (sulfide) groups is 1. The van der Waals surface area contributed by atoms with E-state index in [-0.39, 0.29) is 24.3 Å². The second-order valence-electron chi connectivity index (χ2n) is 7.02. The summed E-state index contributed by atoms with van der Waals surface area (Å²) in [4.78, 5) is 26.3. The van der Waals surface area contributed by atoms with Gasteiger partial charge in [-0.2, -0.15) is 0 Å². The lowest BCUT2D eigenvalue weighted by Crippen LogP contribution is -2.36. The van der Waals surface area contributed by atoms with Crippen LogP contribution < -0.4 is 10.6 Å². The number of nitrogens with one attached hydrogen (secondary N) is 2.